The average Bonchev–Trinajstić information content (AvgIpc) is 2.68. The van der Waals surface area contributed by atoms with Crippen molar-refractivity contribution in [3.05, 3.63) is 0 Å². The lowest BCUT2D eigenvalue weighted by Gasteiger charge is -2.19. The van der Waals surface area contributed by atoms with E-state index in [1.165, 1.54) is 24.4 Å². The highest BCUT2D eigenvalue weighted by Gasteiger charge is 2.18. The van der Waals surface area contributed by atoms with Gasteiger partial charge in [0.15, 0.2) is 0 Å². The van der Waals surface area contributed by atoms with Gasteiger partial charge in [-0.3, -0.25) is 0 Å². The Bertz CT molecular complexity index is 322. The summed E-state index contributed by atoms with van der Waals surface area (Å²) >= 11 is 1.45. The van der Waals surface area contributed by atoms with Crippen molar-refractivity contribution in [3.63, 3.8) is 0 Å². The molecule has 5 heteroatoms. The van der Waals surface area contributed by atoms with Crippen LogP contribution in [0.3, 0.4) is 0 Å². The molecule has 1 aliphatic rings. The molecule has 2 heterocycles. The van der Waals surface area contributed by atoms with Gasteiger partial charge in [-0.05, 0) is 33.6 Å². The maximum absolute atomic E-state index is 4.50. The maximum atomic E-state index is 4.50. The van der Waals surface area contributed by atoms with Crippen LogP contribution in [0.5, 0.6) is 0 Å². The Morgan fingerprint density at radius 2 is 1.93 bits per heavy atom. The van der Waals surface area contributed by atoms with Gasteiger partial charge in [0.05, 0.1) is 0 Å². The van der Waals surface area contributed by atoms with Crippen LogP contribution in [0.4, 0.5) is 11.1 Å². The van der Waals surface area contributed by atoms with E-state index in [4.69, 9.17) is 0 Å². The summed E-state index contributed by atoms with van der Waals surface area (Å²) in [5.74, 6) is 0.893. The van der Waals surface area contributed by atoms with E-state index >= 15 is 0 Å². The summed E-state index contributed by atoms with van der Waals surface area (Å²) in [5.41, 5.74) is 0.0574. The predicted molar refractivity (Wildman–Crippen MR) is 64.7 cm³/mol. The summed E-state index contributed by atoms with van der Waals surface area (Å²) < 4.78 is 4.38. The molecule has 2 rings (SSSR count). The molecule has 1 N–H and O–H groups in total. The molecular weight excluding hydrogens is 208 g/mol. The molecule has 1 aliphatic heterocycles. The summed E-state index contributed by atoms with van der Waals surface area (Å²) in [6.45, 7) is 8.59. The van der Waals surface area contributed by atoms with Gasteiger partial charge in [0.25, 0.3) is 0 Å². The zero-order valence-electron chi connectivity index (χ0n) is 9.58. The molecule has 0 bridgehead atoms. The summed E-state index contributed by atoms with van der Waals surface area (Å²) in [6, 6.07) is 0. The summed E-state index contributed by atoms with van der Waals surface area (Å²) in [7, 11) is 0. The molecule has 0 aliphatic carbocycles. The smallest absolute Gasteiger partial charge is 0.239 e. The Morgan fingerprint density at radius 3 is 2.53 bits per heavy atom. The topological polar surface area (TPSA) is 41.1 Å². The molecule has 0 atom stereocenters. The third-order valence-corrected chi connectivity index (χ3v) is 2.91. The minimum absolute atomic E-state index is 0.0574. The van der Waals surface area contributed by atoms with Crippen molar-refractivity contribution >= 4 is 22.6 Å². The van der Waals surface area contributed by atoms with E-state index in [1.807, 2.05) is 0 Å². The Morgan fingerprint density at radius 1 is 1.27 bits per heavy atom. The lowest BCUT2D eigenvalue weighted by molar-refractivity contribution is 0.633. The van der Waals surface area contributed by atoms with Crippen molar-refractivity contribution in [2.45, 2.75) is 39.2 Å². The van der Waals surface area contributed by atoms with Crippen molar-refractivity contribution in [1.82, 2.24) is 9.36 Å². The Hall–Kier alpha value is -0.840. The maximum Gasteiger partial charge on any atom is 0.239 e. The van der Waals surface area contributed by atoms with Gasteiger partial charge in [0.2, 0.25) is 11.1 Å². The Labute approximate surface area is 94.9 Å². The molecule has 1 saturated heterocycles. The number of nitrogens with one attached hydrogen (secondary N) is 1. The summed E-state index contributed by atoms with van der Waals surface area (Å²) in [4.78, 5) is 6.75. The van der Waals surface area contributed by atoms with Crippen molar-refractivity contribution in [1.29, 1.82) is 0 Å². The molecule has 0 amide bonds. The second-order valence-electron chi connectivity index (χ2n) is 4.97. The molecule has 1 aromatic rings. The van der Waals surface area contributed by atoms with Crippen LogP contribution in [0, 0.1) is 0 Å². The number of hydrogen-bond donors (Lipinski definition) is 1. The number of rotatable bonds is 2. The van der Waals surface area contributed by atoms with Crippen LogP contribution >= 0.6 is 11.5 Å². The fourth-order valence-electron chi connectivity index (χ4n) is 1.63. The van der Waals surface area contributed by atoms with E-state index in [9.17, 15) is 0 Å². The highest BCUT2D eigenvalue weighted by atomic mass is 32.1. The molecule has 1 fully saturated rings. The van der Waals surface area contributed by atoms with Crippen molar-refractivity contribution in [2.24, 2.45) is 0 Å². The first kappa shape index (κ1) is 10.7. The van der Waals surface area contributed by atoms with Crippen LogP contribution in [0.2, 0.25) is 0 Å². The Kier molecular flexibility index (Phi) is 2.82. The molecule has 0 radical (unpaired) electrons. The van der Waals surface area contributed by atoms with Crippen LogP contribution < -0.4 is 10.2 Å². The standard InChI is InChI=1S/C10H18N4S/c1-10(2,3)12-9-11-8(13-15-9)14-6-4-5-7-14/h4-7H2,1-3H3,(H,11,12,13). The fourth-order valence-corrected chi connectivity index (χ4v) is 2.43. The summed E-state index contributed by atoms with van der Waals surface area (Å²) in [5, 5.41) is 4.26. The number of nitrogens with zero attached hydrogens (tertiary/aromatic N) is 3. The second-order valence-corrected chi connectivity index (χ2v) is 5.72. The van der Waals surface area contributed by atoms with Crippen LogP contribution in [0.1, 0.15) is 33.6 Å². The fraction of sp³-hybridized carbons (Fsp3) is 0.800. The average molecular weight is 226 g/mol. The normalized spacial score (nSPS) is 17.1. The molecule has 0 saturated carbocycles. The van der Waals surface area contributed by atoms with Gasteiger partial charge in [0, 0.05) is 30.2 Å². The van der Waals surface area contributed by atoms with E-state index in [1.54, 1.807) is 0 Å². The molecular formula is C10H18N4S. The minimum atomic E-state index is 0.0574. The number of aromatic nitrogens is 2. The third-order valence-electron chi connectivity index (χ3n) is 2.29. The van der Waals surface area contributed by atoms with Gasteiger partial charge < -0.3 is 10.2 Å². The Balaban J connectivity index is 2.03. The zero-order chi connectivity index (χ0) is 10.9. The lowest BCUT2D eigenvalue weighted by Crippen LogP contribution is -2.26. The molecule has 0 aromatic carbocycles. The second kappa shape index (κ2) is 3.96. The van der Waals surface area contributed by atoms with E-state index < -0.39 is 0 Å². The van der Waals surface area contributed by atoms with Crippen LogP contribution in [0.15, 0.2) is 0 Å². The number of anilines is 2. The first-order valence-electron chi connectivity index (χ1n) is 5.41. The van der Waals surface area contributed by atoms with Gasteiger partial charge in [-0.2, -0.15) is 9.36 Å². The molecule has 4 nitrogen and oxygen atoms in total. The van der Waals surface area contributed by atoms with Crippen molar-refractivity contribution in [2.75, 3.05) is 23.3 Å². The zero-order valence-corrected chi connectivity index (χ0v) is 10.4. The van der Waals surface area contributed by atoms with Crippen LogP contribution in [-0.4, -0.2) is 28.0 Å². The molecule has 84 valence electrons. The predicted octanol–water partition coefficient (Wildman–Crippen LogP) is 2.35. The molecule has 15 heavy (non-hydrogen) atoms. The van der Waals surface area contributed by atoms with Crippen LogP contribution in [0.25, 0.3) is 0 Å². The molecule has 0 unspecified atom stereocenters. The van der Waals surface area contributed by atoms with Gasteiger partial charge in [-0.15, -0.1) is 0 Å². The highest BCUT2D eigenvalue weighted by Crippen LogP contribution is 2.23. The number of hydrogen-bond acceptors (Lipinski definition) is 5. The van der Waals surface area contributed by atoms with Gasteiger partial charge in [0.1, 0.15) is 0 Å². The molecule has 0 spiro atoms. The highest BCUT2D eigenvalue weighted by molar-refractivity contribution is 7.09. The van der Waals surface area contributed by atoms with Crippen LogP contribution in [-0.2, 0) is 0 Å². The van der Waals surface area contributed by atoms with Crippen molar-refractivity contribution in [3.8, 4) is 0 Å². The monoisotopic (exact) mass is 226 g/mol. The van der Waals surface area contributed by atoms with Gasteiger partial charge in [-0.1, -0.05) is 0 Å². The van der Waals surface area contributed by atoms with E-state index in [-0.39, 0.29) is 5.54 Å². The quantitative estimate of drug-likeness (QED) is 0.840. The lowest BCUT2D eigenvalue weighted by atomic mass is 10.1. The van der Waals surface area contributed by atoms with E-state index in [2.05, 4.69) is 40.3 Å². The van der Waals surface area contributed by atoms with Crippen molar-refractivity contribution < 1.29 is 0 Å². The minimum Gasteiger partial charge on any atom is -0.356 e. The van der Waals surface area contributed by atoms with Gasteiger partial charge in [-0.25, -0.2) is 0 Å². The largest absolute Gasteiger partial charge is 0.356 e. The van der Waals surface area contributed by atoms with E-state index in [0.717, 1.165) is 24.2 Å². The first-order valence-corrected chi connectivity index (χ1v) is 6.19. The molecule has 1 aromatic heterocycles. The third kappa shape index (κ3) is 2.81. The van der Waals surface area contributed by atoms with Gasteiger partial charge >= 0.3 is 0 Å². The first-order chi connectivity index (χ1) is 7.04. The van der Waals surface area contributed by atoms with E-state index in [0.29, 0.717) is 0 Å². The SMILES string of the molecule is CC(C)(C)Nc1nc(N2CCCC2)ns1. The summed E-state index contributed by atoms with van der Waals surface area (Å²) in [6.07, 6.45) is 2.53.